The number of aryl methyl sites for hydroxylation is 1. The van der Waals surface area contributed by atoms with Crippen LogP contribution >= 0.6 is 11.6 Å². The maximum absolute atomic E-state index is 12.3. The number of amides is 1. The van der Waals surface area contributed by atoms with Crippen molar-refractivity contribution in [2.45, 2.75) is 52.5 Å². The molecule has 1 atom stereocenters. The number of carbonyl (C=O) groups excluding carboxylic acids is 1. The van der Waals surface area contributed by atoms with Gasteiger partial charge in [-0.1, -0.05) is 30.7 Å². The third-order valence-corrected chi connectivity index (χ3v) is 5.91. The zero-order valence-electron chi connectivity index (χ0n) is 17.2. The SMILES string of the molecule is CCN1c2cc(C)c(/C=N\NC(=O)c3ccccc3Cl)cc2[C@H](C)CC1(C)C. The monoisotopic (exact) mass is 397 g/mol. The average Bonchev–Trinajstić information content (AvgIpc) is 2.62. The van der Waals surface area contributed by atoms with Crippen molar-refractivity contribution in [1.82, 2.24) is 5.43 Å². The Balaban J connectivity index is 1.84. The molecule has 1 N–H and O–H groups in total. The van der Waals surface area contributed by atoms with Gasteiger partial charge < -0.3 is 4.90 Å². The molecule has 4 nitrogen and oxygen atoms in total. The molecule has 0 unspecified atom stereocenters. The lowest BCUT2D eigenvalue weighted by molar-refractivity contribution is 0.0955. The Morgan fingerprint density at radius 3 is 2.75 bits per heavy atom. The van der Waals surface area contributed by atoms with Crippen molar-refractivity contribution in [3.05, 3.63) is 63.7 Å². The molecule has 1 heterocycles. The van der Waals surface area contributed by atoms with E-state index in [2.05, 4.69) is 62.2 Å². The van der Waals surface area contributed by atoms with E-state index >= 15 is 0 Å². The lowest BCUT2D eigenvalue weighted by Crippen LogP contribution is -2.48. The molecule has 0 bridgehead atoms. The number of rotatable bonds is 4. The number of nitrogens with one attached hydrogen (secondary N) is 1. The van der Waals surface area contributed by atoms with Gasteiger partial charge in [0.25, 0.3) is 5.91 Å². The maximum Gasteiger partial charge on any atom is 0.272 e. The van der Waals surface area contributed by atoms with Crippen LogP contribution in [-0.2, 0) is 0 Å². The summed E-state index contributed by atoms with van der Waals surface area (Å²) in [6, 6.07) is 11.4. The Labute approximate surface area is 172 Å². The second-order valence-electron chi connectivity index (χ2n) is 8.11. The van der Waals surface area contributed by atoms with Gasteiger partial charge in [0.05, 0.1) is 16.8 Å². The van der Waals surface area contributed by atoms with E-state index in [4.69, 9.17) is 11.6 Å². The molecule has 0 aliphatic carbocycles. The molecule has 0 saturated carbocycles. The number of fused-ring (bicyclic) bond motifs is 1. The molecule has 0 spiro atoms. The predicted octanol–water partition coefficient (Wildman–Crippen LogP) is 5.52. The van der Waals surface area contributed by atoms with E-state index in [1.807, 2.05) is 0 Å². The highest BCUT2D eigenvalue weighted by atomic mass is 35.5. The molecular weight excluding hydrogens is 370 g/mol. The van der Waals surface area contributed by atoms with Crippen LogP contribution in [0.3, 0.4) is 0 Å². The van der Waals surface area contributed by atoms with Crippen molar-refractivity contribution < 1.29 is 4.79 Å². The standard InChI is InChI=1S/C23H28ClN3O/c1-6-27-21-11-15(2)17(12-19(21)16(3)13-23(27,4)5)14-25-26-22(28)18-9-7-8-10-20(18)24/h7-12,14,16H,6,13H2,1-5H3,(H,26,28)/b25-14-/t16-/m1/s1. The van der Waals surface area contributed by atoms with Gasteiger partial charge in [-0.25, -0.2) is 5.43 Å². The van der Waals surface area contributed by atoms with Crippen LogP contribution in [0.1, 0.15) is 67.1 Å². The number of anilines is 1. The second kappa shape index (κ2) is 7.96. The van der Waals surface area contributed by atoms with Crippen molar-refractivity contribution in [2.24, 2.45) is 5.10 Å². The first-order valence-electron chi connectivity index (χ1n) is 9.74. The molecule has 2 aromatic rings. The van der Waals surface area contributed by atoms with E-state index in [0.717, 1.165) is 24.1 Å². The molecular formula is C23H28ClN3O. The van der Waals surface area contributed by atoms with E-state index in [-0.39, 0.29) is 11.4 Å². The van der Waals surface area contributed by atoms with Crippen LogP contribution in [0.5, 0.6) is 0 Å². The molecule has 0 fully saturated rings. The van der Waals surface area contributed by atoms with Gasteiger partial charge in [-0.3, -0.25) is 4.79 Å². The largest absolute Gasteiger partial charge is 0.366 e. The van der Waals surface area contributed by atoms with Gasteiger partial charge in [-0.2, -0.15) is 5.10 Å². The lowest BCUT2D eigenvalue weighted by atomic mass is 9.79. The van der Waals surface area contributed by atoms with Crippen LogP contribution < -0.4 is 10.3 Å². The van der Waals surface area contributed by atoms with Gasteiger partial charge in [-0.05, 0) is 81.0 Å². The average molecular weight is 398 g/mol. The first-order valence-corrected chi connectivity index (χ1v) is 10.1. The van der Waals surface area contributed by atoms with Crippen LogP contribution in [0, 0.1) is 6.92 Å². The Morgan fingerprint density at radius 1 is 1.36 bits per heavy atom. The summed E-state index contributed by atoms with van der Waals surface area (Å²) in [5.74, 6) is 0.156. The van der Waals surface area contributed by atoms with Gasteiger partial charge in [0, 0.05) is 17.8 Å². The fourth-order valence-electron chi connectivity index (χ4n) is 4.25. The Morgan fingerprint density at radius 2 is 2.07 bits per heavy atom. The van der Waals surface area contributed by atoms with Crippen LogP contribution in [0.2, 0.25) is 5.02 Å². The molecule has 5 heteroatoms. The number of halogens is 1. The summed E-state index contributed by atoms with van der Waals surface area (Å²) in [7, 11) is 0. The minimum atomic E-state index is -0.315. The molecule has 1 aliphatic heterocycles. The molecule has 2 aromatic carbocycles. The number of hydrogen-bond donors (Lipinski definition) is 1. The summed E-state index contributed by atoms with van der Waals surface area (Å²) in [5, 5.41) is 4.58. The van der Waals surface area contributed by atoms with Crippen molar-refractivity contribution in [3.63, 3.8) is 0 Å². The number of hydrogen-bond acceptors (Lipinski definition) is 3. The van der Waals surface area contributed by atoms with Crippen LogP contribution in [0.4, 0.5) is 5.69 Å². The molecule has 0 saturated heterocycles. The van der Waals surface area contributed by atoms with E-state index in [1.54, 1.807) is 30.5 Å². The quantitative estimate of drug-likeness (QED) is 0.545. The Kier molecular flexibility index (Phi) is 5.80. The molecule has 3 rings (SSSR count). The van der Waals surface area contributed by atoms with Crippen LogP contribution in [-0.4, -0.2) is 24.2 Å². The second-order valence-corrected chi connectivity index (χ2v) is 8.52. The number of benzene rings is 2. The van der Waals surface area contributed by atoms with Crippen molar-refractivity contribution in [2.75, 3.05) is 11.4 Å². The topological polar surface area (TPSA) is 44.7 Å². The summed E-state index contributed by atoms with van der Waals surface area (Å²) in [4.78, 5) is 14.7. The number of nitrogens with zero attached hydrogens (tertiary/aromatic N) is 2. The highest BCUT2D eigenvalue weighted by Gasteiger charge is 2.35. The highest BCUT2D eigenvalue weighted by molar-refractivity contribution is 6.33. The van der Waals surface area contributed by atoms with Crippen LogP contribution in [0.15, 0.2) is 41.5 Å². The molecule has 28 heavy (non-hydrogen) atoms. The lowest BCUT2D eigenvalue weighted by Gasteiger charge is -2.47. The van der Waals surface area contributed by atoms with E-state index in [0.29, 0.717) is 16.5 Å². The highest BCUT2D eigenvalue weighted by Crippen LogP contribution is 2.43. The van der Waals surface area contributed by atoms with Gasteiger partial charge in [0.1, 0.15) is 0 Å². The third-order valence-electron chi connectivity index (χ3n) is 5.58. The van der Waals surface area contributed by atoms with Gasteiger partial charge >= 0.3 is 0 Å². The zero-order valence-corrected chi connectivity index (χ0v) is 18.0. The smallest absolute Gasteiger partial charge is 0.272 e. The van der Waals surface area contributed by atoms with Gasteiger partial charge in [0.2, 0.25) is 0 Å². The minimum Gasteiger partial charge on any atom is -0.366 e. The fraction of sp³-hybridized carbons (Fsp3) is 0.391. The zero-order chi connectivity index (χ0) is 20.5. The normalized spacial score (nSPS) is 18.2. The number of hydrazone groups is 1. The van der Waals surface area contributed by atoms with Crippen molar-refractivity contribution >= 4 is 29.4 Å². The van der Waals surface area contributed by atoms with Gasteiger partial charge in [-0.15, -0.1) is 0 Å². The summed E-state index contributed by atoms with van der Waals surface area (Å²) in [5.41, 5.74) is 7.93. The molecule has 0 aromatic heterocycles. The molecule has 0 radical (unpaired) electrons. The summed E-state index contributed by atoms with van der Waals surface area (Å²) < 4.78 is 0. The third kappa shape index (κ3) is 3.93. The molecule has 148 valence electrons. The molecule has 1 amide bonds. The first-order chi connectivity index (χ1) is 13.2. The summed E-state index contributed by atoms with van der Waals surface area (Å²) >= 11 is 6.07. The first kappa shape index (κ1) is 20.4. The van der Waals surface area contributed by atoms with Crippen molar-refractivity contribution in [3.8, 4) is 0 Å². The summed E-state index contributed by atoms with van der Waals surface area (Å²) in [6.45, 7) is 12.2. The molecule has 1 aliphatic rings. The Hall–Kier alpha value is -2.33. The predicted molar refractivity (Wildman–Crippen MR) is 118 cm³/mol. The van der Waals surface area contributed by atoms with E-state index in [9.17, 15) is 4.79 Å². The fourth-order valence-corrected chi connectivity index (χ4v) is 4.48. The maximum atomic E-state index is 12.3. The number of carbonyl (C=O) groups is 1. The van der Waals surface area contributed by atoms with Crippen LogP contribution in [0.25, 0.3) is 0 Å². The minimum absolute atomic E-state index is 0.145. The van der Waals surface area contributed by atoms with E-state index < -0.39 is 0 Å². The van der Waals surface area contributed by atoms with Gasteiger partial charge in [0.15, 0.2) is 0 Å². The summed E-state index contributed by atoms with van der Waals surface area (Å²) in [6.07, 6.45) is 2.82. The Bertz CT molecular complexity index is 920. The van der Waals surface area contributed by atoms with E-state index in [1.165, 1.54) is 11.3 Å². The van der Waals surface area contributed by atoms with Crippen molar-refractivity contribution in [1.29, 1.82) is 0 Å².